The zero-order valence-corrected chi connectivity index (χ0v) is 11.2. The van der Waals surface area contributed by atoms with Crippen LogP contribution in [0.15, 0.2) is 36.5 Å². The minimum Gasteiger partial charge on any atom is -0.477 e. The van der Waals surface area contributed by atoms with Gasteiger partial charge in [-0.25, -0.2) is 9.78 Å². The number of benzene rings is 1. The molecular weight excluding hydrogens is 256 g/mol. The molecule has 0 aliphatic carbocycles. The zero-order chi connectivity index (χ0) is 14.7. The van der Waals surface area contributed by atoms with E-state index in [9.17, 15) is 9.59 Å². The SMILES string of the molecule is Cc1ccc(NC(=O)c2ccnc(C(=O)O)c2)cc1C. The minimum atomic E-state index is -1.16. The highest BCUT2D eigenvalue weighted by Gasteiger charge is 2.11. The van der Waals surface area contributed by atoms with Crippen molar-refractivity contribution in [2.24, 2.45) is 0 Å². The van der Waals surface area contributed by atoms with Gasteiger partial charge in [-0.05, 0) is 49.2 Å². The van der Waals surface area contributed by atoms with Gasteiger partial charge in [0, 0.05) is 17.4 Å². The molecule has 5 heteroatoms. The van der Waals surface area contributed by atoms with Gasteiger partial charge in [-0.1, -0.05) is 6.07 Å². The van der Waals surface area contributed by atoms with Crippen molar-refractivity contribution >= 4 is 17.6 Å². The Morgan fingerprint density at radius 3 is 2.50 bits per heavy atom. The van der Waals surface area contributed by atoms with Gasteiger partial charge in [-0.15, -0.1) is 0 Å². The van der Waals surface area contributed by atoms with E-state index in [1.54, 1.807) is 6.07 Å². The molecule has 5 nitrogen and oxygen atoms in total. The number of carbonyl (C=O) groups excluding carboxylic acids is 1. The van der Waals surface area contributed by atoms with Crippen LogP contribution in [-0.2, 0) is 0 Å². The lowest BCUT2D eigenvalue weighted by Gasteiger charge is -2.08. The molecule has 102 valence electrons. The smallest absolute Gasteiger partial charge is 0.354 e. The van der Waals surface area contributed by atoms with Gasteiger partial charge in [-0.2, -0.15) is 0 Å². The van der Waals surface area contributed by atoms with E-state index in [4.69, 9.17) is 5.11 Å². The van der Waals surface area contributed by atoms with Crippen LogP contribution < -0.4 is 5.32 Å². The standard InChI is InChI=1S/C15H14N2O3/c1-9-3-4-12(7-10(9)2)17-14(18)11-5-6-16-13(8-11)15(19)20/h3-8H,1-2H3,(H,17,18)(H,19,20). The molecule has 1 aromatic carbocycles. The third-order valence-corrected chi connectivity index (χ3v) is 3.01. The molecule has 0 saturated carbocycles. The van der Waals surface area contributed by atoms with Crippen LogP contribution in [0.2, 0.25) is 0 Å². The second-order valence-electron chi connectivity index (χ2n) is 4.49. The van der Waals surface area contributed by atoms with Crippen molar-refractivity contribution < 1.29 is 14.7 Å². The van der Waals surface area contributed by atoms with Gasteiger partial charge in [0.05, 0.1) is 0 Å². The number of hydrogen-bond acceptors (Lipinski definition) is 3. The molecule has 0 spiro atoms. The van der Waals surface area contributed by atoms with Gasteiger partial charge in [0.25, 0.3) is 5.91 Å². The molecule has 0 atom stereocenters. The second kappa shape index (κ2) is 5.52. The van der Waals surface area contributed by atoms with Gasteiger partial charge in [-0.3, -0.25) is 4.79 Å². The van der Waals surface area contributed by atoms with E-state index in [1.165, 1.54) is 18.3 Å². The number of amides is 1. The average Bonchev–Trinajstić information content (AvgIpc) is 2.43. The first-order chi connectivity index (χ1) is 9.47. The number of pyridine rings is 1. The number of carbonyl (C=O) groups is 2. The predicted molar refractivity (Wildman–Crippen MR) is 75.1 cm³/mol. The van der Waals surface area contributed by atoms with Crippen LogP contribution in [0.5, 0.6) is 0 Å². The summed E-state index contributed by atoms with van der Waals surface area (Å²) in [6, 6.07) is 8.31. The van der Waals surface area contributed by atoms with Crippen molar-refractivity contribution in [3.63, 3.8) is 0 Å². The number of nitrogens with one attached hydrogen (secondary N) is 1. The van der Waals surface area contributed by atoms with Crippen LogP contribution in [0.25, 0.3) is 0 Å². The lowest BCUT2D eigenvalue weighted by Crippen LogP contribution is -2.13. The molecule has 0 saturated heterocycles. The Labute approximate surface area is 116 Å². The molecule has 2 aromatic rings. The first-order valence-corrected chi connectivity index (χ1v) is 6.05. The fourth-order valence-electron chi connectivity index (χ4n) is 1.71. The molecular formula is C15H14N2O3. The number of anilines is 1. The number of hydrogen-bond donors (Lipinski definition) is 2. The van der Waals surface area contributed by atoms with Crippen LogP contribution in [0.1, 0.15) is 32.0 Å². The van der Waals surface area contributed by atoms with Crippen molar-refractivity contribution in [3.05, 3.63) is 58.9 Å². The molecule has 0 bridgehead atoms. The van der Waals surface area contributed by atoms with Crippen molar-refractivity contribution in [1.82, 2.24) is 4.98 Å². The van der Waals surface area contributed by atoms with Crippen molar-refractivity contribution in [2.75, 3.05) is 5.32 Å². The molecule has 2 rings (SSSR count). The highest BCUT2D eigenvalue weighted by Crippen LogP contribution is 2.15. The molecule has 0 aliphatic heterocycles. The number of aromatic nitrogens is 1. The number of aromatic carboxylic acids is 1. The lowest BCUT2D eigenvalue weighted by molar-refractivity contribution is 0.0690. The summed E-state index contributed by atoms with van der Waals surface area (Å²) in [6.07, 6.45) is 1.30. The highest BCUT2D eigenvalue weighted by atomic mass is 16.4. The molecule has 2 N–H and O–H groups in total. The van der Waals surface area contributed by atoms with E-state index in [1.807, 2.05) is 26.0 Å². The van der Waals surface area contributed by atoms with Crippen LogP contribution in [-0.4, -0.2) is 22.0 Å². The summed E-state index contributed by atoms with van der Waals surface area (Å²) in [5.74, 6) is -1.52. The Balaban J connectivity index is 2.21. The third-order valence-electron chi connectivity index (χ3n) is 3.01. The summed E-state index contributed by atoms with van der Waals surface area (Å²) in [4.78, 5) is 26.5. The summed E-state index contributed by atoms with van der Waals surface area (Å²) < 4.78 is 0. The van der Waals surface area contributed by atoms with E-state index in [0.717, 1.165) is 11.1 Å². The summed E-state index contributed by atoms with van der Waals surface area (Å²) in [5.41, 5.74) is 2.99. The van der Waals surface area contributed by atoms with Gasteiger partial charge in [0.15, 0.2) is 0 Å². The molecule has 1 amide bonds. The zero-order valence-electron chi connectivity index (χ0n) is 11.2. The Morgan fingerprint density at radius 1 is 1.10 bits per heavy atom. The van der Waals surface area contributed by atoms with Gasteiger partial charge < -0.3 is 10.4 Å². The van der Waals surface area contributed by atoms with E-state index in [2.05, 4.69) is 10.3 Å². The number of nitrogens with zero attached hydrogens (tertiary/aromatic N) is 1. The van der Waals surface area contributed by atoms with Crippen LogP contribution in [0.4, 0.5) is 5.69 Å². The second-order valence-corrected chi connectivity index (χ2v) is 4.49. The average molecular weight is 270 g/mol. The lowest BCUT2D eigenvalue weighted by atomic mass is 10.1. The summed E-state index contributed by atoms with van der Waals surface area (Å²) in [5, 5.41) is 11.6. The fourth-order valence-corrected chi connectivity index (χ4v) is 1.71. The summed E-state index contributed by atoms with van der Waals surface area (Å²) in [7, 11) is 0. The molecule has 1 aromatic heterocycles. The van der Waals surface area contributed by atoms with E-state index >= 15 is 0 Å². The monoisotopic (exact) mass is 270 g/mol. The van der Waals surface area contributed by atoms with Crippen molar-refractivity contribution in [1.29, 1.82) is 0 Å². The van der Waals surface area contributed by atoms with Crippen LogP contribution in [0.3, 0.4) is 0 Å². The molecule has 20 heavy (non-hydrogen) atoms. The number of carboxylic acids is 1. The van der Waals surface area contributed by atoms with E-state index < -0.39 is 5.97 Å². The van der Waals surface area contributed by atoms with Gasteiger partial charge >= 0.3 is 5.97 Å². The number of carboxylic acid groups (broad SMARTS) is 1. The maximum Gasteiger partial charge on any atom is 0.354 e. The molecule has 0 radical (unpaired) electrons. The third kappa shape index (κ3) is 3.00. The number of rotatable bonds is 3. The van der Waals surface area contributed by atoms with E-state index in [0.29, 0.717) is 5.69 Å². The topological polar surface area (TPSA) is 79.3 Å². The minimum absolute atomic E-state index is 0.155. The van der Waals surface area contributed by atoms with Crippen molar-refractivity contribution in [3.8, 4) is 0 Å². The Kier molecular flexibility index (Phi) is 3.79. The first kappa shape index (κ1) is 13.7. The molecule has 0 aliphatic rings. The quantitative estimate of drug-likeness (QED) is 0.898. The summed E-state index contributed by atoms with van der Waals surface area (Å²) in [6.45, 7) is 3.95. The number of aryl methyl sites for hydroxylation is 2. The largest absolute Gasteiger partial charge is 0.477 e. The fraction of sp³-hybridized carbons (Fsp3) is 0.133. The molecule has 0 fully saturated rings. The molecule has 1 heterocycles. The first-order valence-electron chi connectivity index (χ1n) is 6.05. The normalized spacial score (nSPS) is 10.1. The predicted octanol–water partition coefficient (Wildman–Crippen LogP) is 2.65. The Bertz CT molecular complexity index is 681. The van der Waals surface area contributed by atoms with Crippen LogP contribution >= 0.6 is 0 Å². The summed E-state index contributed by atoms with van der Waals surface area (Å²) >= 11 is 0. The maximum atomic E-state index is 12.1. The Morgan fingerprint density at radius 2 is 1.85 bits per heavy atom. The van der Waals surface area contributed by atoms with Gasteiger partial charge in [0.1, 0.15) is 5.69 Å². The highest BCUT2D eigenvalue weighted by molar-refractivity contribution is 6.05. The Hall–Kier alpha value is -2.69. The van der Waals surface area contributed by atoms with Gasteiger partial charge in [0.2, 0.25) is 0 Å². The maximum absolute atomic E-state index is 12.1. The van der Waals surface area contributed by atoms with Crippen LogP contribution in [0, 0.1) is 13.8 Å². The molecule has 0 unspecified atom stereocenters. The van der Waals surface area contributed by atoms with E-state index in [-0.39, 0.29) is 17.2 Å². The van der Waals surface area contributed by atoms with Crippen molar-refractivity contribution in [2.45, 2.75) is 13.8 Å².